The summed E-state index contributed by atoms with van der Waals surface area (Å²) in [5.41, 5.74) is 5.01. The van der Waals surface area contributed by atoms with Crippen molar-refractivity contribution in [2.45, 2.75) is 52.4 Å². The molecule has 0 bridgehead atoms. The minimum absolute atomic E-state index is 0.355. The van der Waals surface area contributed by atoms with Crippen LogP contribution < -0.4 is 0 Å². The lowest BCUT2D eigenvalue weighted by Gasteiger charge is -2.12. The molecule has 0 saturated heterocycles. The smallest absolute Gasteiger partial charge is 0.141 e. The maximum Gasteiger partial charge on any atom is 0.141 e. The number of carbonyl (C=O) groups excluding carboxylic acids is 1. The first-order valence-electron chi connectivity index (χ1n) is 6.90. The average Bonchev–Trinajstić information content (AvgIpc) is 2.28. The van der Waals surface area contributed by atoms with Crippen molar-refractivity contribution in [2.24, 2.45) is 0 Å². The fourth-order valence-electron chi connectivity index (χ4n) is 2.78. The summed E-state index contributed by atoms with van der Waals surface area (Å²) < 4.78 is 0. The van der Waals surface area contributed by atoms with Crippen LogP contribution in [0.2, 0.25) is 0 Å². The van der Waals surface area contributed by atoms with E-state index in [1.54, 1.807) is 0 Å². The third kappa shape index (κ3) is 3.83. The summed E-state index contributed by atoms with van der Waals surface area (Å²) in [7, 11) is 0. The Morgan fingerprint density at radius 1 is 1.06 bits per heavy atom. The molecule has 0 N–H and O–H groups in total. The minimum atomic E-state index is 0.355. The highest BCUT2D eigenvalue weighted by Gasteiger charge is 2.10. The van der Waals surface area contributed by atoms with Crippen LogP contribution in [-0.4, -0.2) is 5.78 Å². The van der Waals surface area contributed by atoms with Gasteiger partial charge in [-0.05, 0) is 45.1 Å². The first kappa shape index (κ1) is 13.1. The normalized spacial score (nSPS) is 15.3. The summed E-state index contributed by atoms with van der Waals surface area (Å²) in [5.74, 6) is 0.355. The van der Waals surface area contributed by atoms with Crippen LogP contribution in [0, 0.1) is 13.8 Å². The molecule has 1 aliphatic carbocycles. The molecule has 0 radical (unpaired) electrons. The highest BCUT2D eigenvalue weighted by atomic mass is 16.1. The van der Waals surface area contributed by atoms with Gasteiger partial charge in [0.05, 0.1) is 0 Å². The van der Waals surface area contributed by atoms with Crippen LogP contribution >= 0.6 is 0 Å². The molecule has 1 nitrogen and oxygen atoms in total. The van der Waals surface area contributed by atoms with Crippen molar-refractivity contribution in [2.75, 3.05) is 0 Å². The zero-order valence-corrected chi connectivity index (χ0v) is 11.5. The lowest BCUT2D eigenvalue weighted by atomic mass is 9.93. The molecule has 1 heteroatoms. The van der Waals surface area contributed by atoms with Gasteiger partial charge in [0, 0.05) is 12.8 Å². The molecule has 0 fully saturated rings. The number of hydrogen-bond acceptors (Lipinski definition) is 1. The third-order valence-corrected chi connectivity index (χ3v) is 3.49. The summed E-state index contributed by atoms with van der Waals surface area (Å²) in [6.45, 7) is 4.18. The number of hydrogen-bond donors (Lipinski definition) is 0. The molecular weight excluding hydrogens is 220 g/mol. The lowest BCUT2D eigenvalue weighted by molar-refractivity contribution is -0.117. The average molecular weight is 242 g/mol. The summed E-state index contributed by atoms with van der Waals surface area (Å²) in [6, 6.07) is 6.40. The molecule has 0 amide bonds. The van der Waals surface area contributed by atoms with E-state index in [0.717, 1.165) is 18.4 Å². The molecule has 0 aliphatic heterocycles. The molecule has 0 aromatic heterocycles. The summed E-state index contributed by atoms with van der Waals surface area (Å²) in [4.78, 5) is 12.1. The van der Waals surface area contributed by atoms with E-state index in [1.165, 1.54) is 29.5 Å². The predicted molar refractivity (Wildman–Crippen MR) is 75.8 cm³/mol. The Labute approximate surface area is 110 Å². The summed E-state index contributed by atoms with van der Waals surface area (Å²) >= 11 is 0. The van der Waals surface area contributed by atoms with Gasteiger partial charge in [-0.3, -0.25) is 4.79 Å². The van der Waals surface area contributed by atoms with Crippen LogP contribution in [0.4, 0.5) is 0 Å². The second-order valence-corrected chi connectivity index (χ2v) is 5.50. The number of carbonyl (C=O) groups is 1. The van der Waals surface area contributed by atoms with Gasteiger partial charge in [0.1, 0.15) is 5.78 Å². The van der Waals surface area contributed by atoms with Crippen molar-refractivity contribution in [1.82, 2.24) is 0 Å². The zero-order chi connectivity index (χ0) is 13.0. The number of benzene rings is 1. The SMILES string of the molecule is Cc1cc(C)cc(CC(=O)CC2=CCCCC2)c1. The van der Waals surface area contributed by atoms with E-state index in [-0.39, 0.29) is 0 Å². The van der Waals surface area contributed by atoms with E-state index in [2.05, 4.69) is 38.1 Å². The number of rotatable bonds is 4. The largest absolute Gasteiger partial charge is 0.299 e. The molecule has 0 unspecified atom stereocenters. The van der Waals surface area contributed by atoms with Crippen molar-refractivity contribution in [3.63, 3.8) is 0 Å². The molecular formula is C17H22O. The molecule has 18 heavy (non-hydrogen) atoms. The van der Waals surface area contributed by atoms with Crippen molar-refractivity contribution in [3.05, 3.63) is 46.5 Å². The number of ketones is 1. The monoisotopic (exact) mass is 242 g/mol. The van der Waals surface area contributed by atoms with Gasteiger partial charge in [-0.15, -0.1) is 0 Å². The van der Waals surface area contributed by atoms with Gasteiger partial charge in [-0.25, -0.2) is 0 Å². The van der Waals surface area contributed by atoms with Crippen LogP contribution in [0.3, 0.4) is 0 Å². The summed E-state index contributed by atoms with van der Waals surface area (Å²) in [6.07, 6.45) is 8.33. The van der Waals surface area contributed by atoms with Gasteiger partial charge >= 0.3 is 0 Å². The lowest BCUT2D eigenvalue weighted by Crippen LogP contribution is -2.06. The first-order valence-corrected chi connectivity index (χ1v) is 6.90. The van der Waals surface area contributed by atoms with E-state index in [4.69, 9.17) is 0 Å². The van der Waals surface area contributed by atoms with Gasteiger partial charge in [0.2, 0.25) is 0 Å². The predicted octanol–water partition coefficient (Wildman–Crippen LogP) is 4.31. The molecule has 2 rings (SSSR count). The minimum Gasteiger partial charge on any atom is -0.299 e. The van der Waals surface area contributed by atoms with Crippen LogP contribution in [-0.2, 0) is 11.2 Å². The Balaban J connectivity index is 1.96. The molecule has 96 valence electrons. The zero-order valence-electron chi connectivity index (χ0n) is 11.5. The molecule has 0 heterocycles. The molecule has 0 atom stereocenters. The Bertz CT molecular complexity index is 448. The van der Waals surface area contributed by atoms with Gasteiger partial charge in [-0.1, -0.05) is 41.0 Å². The van der Waals surface area contributed by atoms with Crippen molar-refractivity contribution < 1.29 is 4.79 Å². The van der Waals surface area contributed by atoms with E-state index in [9.17, 15) is 4.79 Å². The maximum absolute atomic E-state index is 12.1. The van der Waals surface area contributed by atoms with Gasteiger partial charge in [0.15, 0.2) is 0 Å². The molecule has 1 aromatic carbocycles. The van der Waals surface area contributed by atoms with Crippen LogP contribution in [0.1, 0.15) is 48.8 Å². The van der Waals surface area contributed by atoms with E-state index in [0.29, 0.717) is 18.6 Å². The molecule has 1 aromatic rings. The quantitative estimate of drug-likeness (QED) is 0.719. The maximum atomic E-state index is 12.1. The van der Waals surface area contributed by atoms with Crippen LogP contribution in [0.15, 0.2) is 29.8 Å². The van der Waals surface area contributed by atoms with E-state index in [1.807, 2.05) is 0 Å². The van der Waals surface area contributed by atoms with Gasteiger partial charge in [0.25, 0.3) is 0 Å². The first-order chi connectivity index (χ1) is 8.63. The molecule has 0 spiro atoms. The Kier molecular flexibility index (Phi) is 4.35. The Hall–Kier alpha value is -1.37. The van der Waals surface area contributed by atoms with Crippen molar-refractivity contribution in [3.8, 4) is 0 Å². The number of aryl methyl sites for hydroxylation is 2. The second kappa shape index (κ2) is 5.99. The summed E-state index contributed by atoms with van der Waals surface area (Å²) in [5, 5.41) is 0. The fraction of sp³-hybridized carbons (Fsp3) is 0.471. The fourth-order valence-corrected chi connectivity index (χ4v) is 2.78. The molecule has 0 saturated carbocycles. The van der Waals surface area contributed by atoms with Crippen LogP contribution in [0.25, 0.3) is 0 Å². The Morgan fingerprint density at radius 3 is 2.39 bits per heavy atom. The second-order valence-electron chi connectivity index (χ2n) is 5.50. The van der Waals surface area contributed by atoms with Crippen LogP contribution in [0.5, 0.6) is 0 Å². The van der Waals surface area contributed by atoms with E-state index < -0.39 is 0 Å². The van der Waals surface area contributed by atoms with E-state index >= 15 is 0 Å². The third-order valence-electron chi connectivity index (χ3n) is 3.49. The Morgan fingerprint density at radius 2 is 1.78 bits per heavy atom. The topological polar surface area (TPSA) is 17.1 Å². The number of Topliss-reactive ketones (excluding diaryl/α,β-unsaturated/α-hetero) is 1. The van der Waals surface area contributed by atoms with Gasteiger partial charge in [-0.2, -0.15) is 0 Å². The van der Waals surface area contributed by atoms with Crippen molar-refractivity contribution >= 4 is 5.78 Å². The highest BCUT2D eigenvalue weighted by molar-refractivity contribution is 5.83. The number of allylic oxidation sites excluding steroid dienone is 2. The van der Waals surface area contributed by atoms with Crippen molar-refractivity contribution in [1.29, 1.82) is 0 Å². The van der Waals surface area contributed by atoms with Gasteiger partial charge < -0.3 is 0 Å². The molecule has 1 aliphatic rings. The highest BCUT2D eigenvalue weighted by Crippen LogP contribution is 2.21. The standard InChI is InChI=1S/C17H22O/c1-13-8-14(2)10-16(9-13)12-17(18)11-15-6-4-3-5-7-15/h6,8-10H,3-5,7,11-12H2,1-2H3.